The van der Waals surface area contributed by atoms with Crippen LogP contribution in [-0.4, -0.2) is 111 Å². The van der Waals surface area contributed by atoms with Crippen molar-refractivity contribution < 1.29 is 91.0 Å². The van der Waals surface area contributed by atoms with Gasteiger partial charge in [0.2, 0.25) is 0 Å². The second-order valence-corrected chi connectivity index (χ2v) is 32.4. The second-order valence-electron chi connectivity index (χ2n) is 32.4. The number of fused-ring (bicyclic) bond motifs is 5. The maximum absolute atomic E-state index is 8.92. The molecule has 10 atom stereocenters. The quantitative estimate of drug-likeness (QED) is 0.0262. The van der Waals surface area contributed by atoms with Gasteiger partial charge in [0.1, 0.15) is 5.75 Å². The summed E-state index contributed by atoms with van der Waals surface area (Å²) in [5.74, 6) is 8.23. The first-order valence-corrected chi connectivity index (χ1v) is 44.2. The smallest absolute Gasteiger partial charge is 0.118 e. The third kappa shape index (κ3) is 53.6. The normalized spacial score (nSPS) is 14.5. The first-order chi connectivity index (χ1) is 60.2. The Morgan fingerprint density at radius 3 is 1.01 bits per heavy atom. The molecule has 12 rings (SSSR count). The maximum atomic E-state index is 8.92. The van der Waals surface area contributed by atoms with Crippen molar-refractivity contribution in [3.05, 3.63) is 302 Å². The molecule has 9 N–H and O–H groups in total. The molecule has 0 fully saturated rings. The van der Waals surface area contributed by atoms with Crippen molar-refractivity contribution in [3.8, 4) is 5.75 Å². The van der Waals surface area contributed by atoms with Crippen LogP contribution in [0, 0.1) is 24.7 Å². The van der Waals surface area contributed by atoms with Crippen LogP contribution in [0.4, 0.5) is 0 Å². The Hall–Kier alpha value is -8.16. The van der Waals surface area contributed by atoms with Crippen molar-refractivity contribution in [3.63, 3.8) is 0 Å². The lowest BCUT2D eigenvalue weighted by molar-refractivity contribution is -0.215. The van der Waals surface area contributed by atoms with Gasteiger partial charge in [-0.3, -0.25) is 42.1 Å². The van der Waals surface area contributed by atoms with Crippen molar-refractivity contribution >= 4 is 21.5 Å². The van der Waals surface area contributed by atoms with E-state index in [-0.39, 0.29) is 12.0 Å². The predicted octanol–water partition coefficient (Wildman–Crippen LogP) is 30.1. The molecule has 0 aliphatic heterocycles. The summed E-state index contributed by atoms with van der Waals surface area (Å²) in [5.41, 5.74) is 20.4. The Labute approximate surface area is 761 Å². The van der Waals surface area contributed by atoms with Gasteiger partial charge >= 0.3 is 0 Å². The number of hydrogen-bond acceptors (Lipinski definition) is 18. The summed E-state index contributed by atoms with van der Waals surface area (Å²) in [4.78, 5) is 26.0. The van der Waals surface area contributed by atoms with Crippen LogP contribution >= 0.6 is 0 Å². The molecule has 10 unspecified atom stereocenters. The van der Waals surface area contributed by atoms with E-state index in [1.54, 1.807) is 29.4 Å². The number of aliphatic hydroxyl groups is 1. The first kappa shape index (κ1) is 124. The zero-order chi connectivity index (χ0) is 96.5. The average molecular weight is 1750 g/mol. The fraction of sp³-hybridized carbons (Fsp3) is 0.481. The molecular formula is C108H168O18. The minimum atomic E-state index is 0.143. The second kappa shape index (κ2) is 77.9. The molecule has 0 heterocycles. The molecule has 10 aromatic carbocycles. The molecule has 0 bridgehead atoms. The number of methoxy groups -OCH3 is 1. The maximum Gasteiger partial charge on any atom is 0.118 e. The van der Waals surface area contributed by atoms with Crippen LogP contribution in [0.2, 0.25) is 0 Å². The van der Waals surface area contributed by atoms with E-state index >= 15 is 0 Å². The average Bonchev–Trinajstić information content (AvgIpc) is 0.946. The Morgan fingerprint density at radius 2 is 0.627 bits per heavy atom. The molecule has 10 aromatic rings. The third-order valence-electron chi connectivity index (χ3n) is 22.4. The highest BCUT2D eigenvalue weighted by molar-refractivity contribution is 6.07. The van der Waals surface area contributed by atoms with Crippen LogP contribution in [0.1, 0.15) is 296 Å². The van der Waals surface area contributed by atoms with E-state index in [9.17, 15) is 0 Å². The molecule has 0 saturated carbocycles. The lowest BCUT2D eigenvalue weighted by Crippen LogP contribution is -2.20. The van der Waals surface area contributed by atoms with Gasteiger partial charge in [0.05, 0.1) is 70.6 Å². The summed E-state index contributed by atoms with van der Waals surface area (Å²) in [6.07, 6.45) is 12.2. The molecule has 2 aliphatic rings. The number of aliphatic hydroxyl groups excluding tert-OH is 1. The van der Waals surface area contributed by atoms with Gasteiger partial charge in [-0.15, -0.1) is 0 Å². The highest BCUT2D eigenvalue weighted by Gasteiger charge is 2.25. The van der Waals surface area contributed by atoms with Crippen molar-refractivity contribution in [2.45, 2.75) is 263 Å². The number of aryl methyl sites for hydroxylation is 2. The molecule has 0 amide bonds. The van der Waals surface area contributed by atoms with Gasteiger partial charge in [-0.05, 0) is 242 Å². The minimum Gasteiger partial charge on any atom is -0.497 e. The topological polar surface area (TPSA) is 265 Å². The molecule has 708 valence electrons. The van der Waals surface area contributed by atoms with Crippen LogP contribution < -0.4 is 4.74 Å². The van der Waals surface area contributed by atoms with E-state index in [1.165, 1.54) is 180 Å². The van der Waals surface area contributed by atoms with Crippen molar-refractivity contribution in [1.82, 2.24) is 0 Å². The van der Waals surface area contributed by atoms with E-state index in [0.717, 1.165) is 47.8 Å². The number of benzene rings is 10. The zero-order valence-corrected chi connectivity index (χ0v) is 82.6. The first-order valence-electron chi connectivity index (χ1n) is 44.2. The van der Waals surface area contributed by atoms with Gasteiger partial charge in [0, 0.05) is 0 Å². The van der Waals surface area contributed by atoms with Crippen molar-refractivity contribution in [2.24, 2.45) is 17.8 Å². The van der Waals surface area contributed by atoms with Gasteiger partial charge in [0.15, 0.2) is 0 Å². The zero-order valence-electron chi connectivity index (χ0n) is 82.6. The molecular weight excluding hydrogens is 1590 g/mol. The minimum absolute atomic E-state index is 0.143. The van der Waals surface area contributed by atoms with Gasteiger partial charge < -0.3 is 9.84 Å². The third-order valence-corrected chi connectivity index (χ3v) is 22.4. The Morgan fingerprint density at radius 1 is 0.317 bits per heavy atom. The monoisotopic (exact) mass is 1750 g/mol. The van der Waals surface area contributed by atoms with E-state index in [0.29, 0.717) is 35.5 Å². The van der Waals surface area contributed by atoms with Gasteiger partial charge in [-0.2, -0.15) is 0 Å². The lowest BCUT2D eigenvalue weighted by atomic mass is 9.78. The highest BCUT2D eigenvalue weighted by Crippen LogP contribution is 2.37. The van der Waals surface area contributed by atoms with E-state index in [4.69, 9.17) is 51.9 Å². The number of rotatable bonds is 15. The van der Waals surface area contributed by atoms with Crippen molar-refractivity contribution in [1.29, 1.82) is 0 Å². The molecule has 18 nitrogen and oxygen atoms in total. The Bertz CT molecular complexity index is 4060. The lowest BCUT2D eigenvalue weighted by Gasteiger charge is -2.27. The van der Waals surface area contributed by atoms with Gasteiger partial charge in [-0.1, -0.05) is 356 Å². The highest BCUT2D eigenvalue weighted by atomic mass is 17.1. The predicted molar refractivity (Wildman–Crippen MR) is 528 cm³/mol. The molecule has 0 radical (unpaired) electrons. The summed E-state index contributed by atoms with van der Waals surface area (Å²) in [7, 11) is 11.1. The molecule has 18 heteroatoms. The van der Waals surface area contributed by atoms with Crippen LogP contribution in [0.5, 0.6) is 5.75 Å². The molecule has 0 spiro atoms. The molecule has 0 saturated heterocycles. The van der Waals surface area contributed by atoms with E-state index in [1.807, 2.05) is 24.3 Å². The van der Waals surface area contributed by atoms with Gasteiger partial charge in [0.25, 0.3) is 0 Å². The van der Waals surface area contributed by atoms with Crippen LogP contribution in [0.3, 0.4) is 0 Å². The van der Waals surface area contributed by atoms with E-state index < -0.39 is 0 Å². The Kier molecular flexibility index (Phi) is 76.8. The summed E-state index contributed by atoms with van der Waals surface area (Å²) in [6.45, 7) is 47.6. The summed E-state index contributed by atoms with van der Waals surface area (Å²) in [6, 6.07) is 80.8. The van der Waals surface area contributed by atoms with E-state index in [2.05, 4.69) is 385 Å². The summed E-state index contributed by atoms with van der Waals surface area (Å²) < 4.78 is 5.08. The summed E-state index contributed by atoms with van der Waals surface area (Å²) in [5, 5.41) is 70.9. The standard InChI is InChI=1S/C18H18.C14H22.C12H16.C12H18.2C11H16O.C11H14.C11H16.8CH4O2/c1-3-13(2)16-11-10-15-9-8-14-6-4-5-7-17(14)18(15)12-16;1-6-11(2)12-8-7-9-13(10-12)14(3,4)5;1-9-7-11-5-3-4-6-12(11)8-10(9)2;1-4-10(3)12-8-6-7-11(5-2)9-12;1-4-9(2)10-5-7-11(12-3)8-6-10;1-3-9(2)11-6-4-5-10(7-11)8-12;1-8-7-10-5-3-4-6-11(10)9(8)2;1-4-10(3)11-7-5-9(2)6-8-11;8*1-3-2/h4-13H,3H2,1-2H3;7-11H,6H2,1-5H3;3-6,9-10H,7-8H2,1-2H3;6-10H,4-5H2,1-3H3;5-9H,4H2,1-3H3;4-7,9,12H,3,8H2,1-2H3;3-6,8-9H,7H2,1-2H3;5-8,10H,4H2,1-3H3;8*2H,1H3. The Balaban J connectivity index is -0.000000653. The fourth-order valence-corrected chi connectivity index (χ4v) is 13.0. The fourth-order valence-electron chi connectivity index (χ4n) is 13.0. The number of hydrogen-bond donors (Lipinski definition) is 9. The number of ether oxygens (including phenoxy) is 1. The molecule has 126 heavy (non-hydrogen) atoms. The summed E-state index contributed by atoms with van der Waals surface area (Å²) >= 11 is 0. The largest absolute Gasteiger partial charge is 0.497 e. The van der Waals surface area contributed by atoms with Crippen LogP contribution in [0.25, 0.3) is 21.5 Å². The molecule has 2 aliphatic carbocycles. The molecule has 0 aromatic heterocycles. The van der Waals surface area contributed by atoms with Gasteiger partial charge in [-0.25, -0.2) is 39.1 Å². The van der Waals surface area contributed by atoms with Crippen molar-refractivity contribution in [2.75, 3.05) is 64.0 Å². The van der Waals surface area contributed by atoms with Crippen LogP contribution in [0.15, 0.2) is 224 Å². The SMILES string of the molecule is CC1Cc2ccccc2C1C.CC1Cc2ccccc2CC1C.CCC(C)c1ccc(C)cc1.CCC(C)c1ccc(OC)cc1.CCC(C)c1ccc2ccc3ccccc3c2c1.CCC(C)c1cccc(C(C)(C)C)c1.CCC(C)c1cccc(CO)c1.CCc1cccc(C(C)CC)c1.COO.COO.COO.COO.COO.COO.COO.COO. The van der Waals surface area contributed by atoms with Crippen LogP contribution in [-0.2, 0) is 76.8 Å².